The van der Waals surface area contributed by atoms with Crippen LogP contribution in [0.3, 0.4) is 0 Å². The van der Waals surface area contributed by atoms with Crippen molar-refractivity contribution in [2.45, 2.75) is 31.6 Å². The molecule has 1 aliphatic heterocycles. The van der Waals surface area contributed by atoms with Crippen molar-refractivity contribution in [3.05, 3.63) is 77.5 Å². The van der Waals surface area contributed by atoms with Crippen molar-refractivity contribution in [1.29, 1.82) is 0 Å². The first-order valence-corrected chi connectivity index (χ1v) is 11.4. The van der Waals surface area contributed by atoms with Gasteiger partial charge >= 0.3 is 0 Å². The molecular weight excluding hydrogens is 392 g/mol. The number of hydrogen-bond donors (Lipinski definition) is 0. The summed E-state index contributed by atoms with van der Waals surface area (Å²) in [6.07, 6.45) is 3.25. The van der Waals surface area contributed by atoms with Crippen molar-refractivity contribution in [3.8, 4) is 11.3 Å². The molecule has 0 N–H and O–H groups in total. The molecule has 1 amide bonds. The van der Waals surface area contributed by atoms with Gasteiger partial charge in [-0.05, 0) is 37.1 Å². The molecule has 1 saturated heterocycles. The van der Waals surface area contributed by atoms with Crippen molar-refractivity contribution >= 4 is 27.5 Å². The molecular formula is C25H24N2O2S. The maximum atomic E-state index is 12.9. The Hall–Kier alpha value is -2.92. The Bertz CT molecular complexity index is 1120. The molecule has 5 rings (SSSR count). The van der Waals surface area contributed by atoms with Gasteiger partial charge in [-0.15, -0.1) is 11.3 Å². The Morgan fingerprint density at radius 2 is 1.90 bits per heavy atom. The van der Waals surface area contributed by atoms with Crippen LogP contribution < -0.4 is 0 Å². The van der Waals surface area contributed by atoms with E-state index in [2.05, 4.69) is 18.2 Å². The average Bonchev–Trinajstić information content (AvgIpc) is 3.45. The highest BCUT2D eigenvalue weighted by Crippen LogP contribution is 2.33. The Morgan fingerprint density at radius 1 is 1.07 bits per heavy atom. The minimum atomic E-state index is 0.207. The molecule has 152 valence electrons. The van der Waals surface area contributed by atoms with Gasteiger partial charge < -0.3 is 9.32 Å². The van der Waals surface area contributed by atoms with Gasteiger partial charge in [-0.3, -0.25) is 4.79 Å². The SMILES string of the molecule is O=C(CCc1ccc(-c2ccccc2)o1)N1CCCC(c2nc3ccccc3s2)C1. The quantitative estimate of drug-likeness (QED) is 0.407. The van der Waals surface area contributed by atoms with Crippen LogP contribution >= 0.6 is 11.3 Å². The van der Waals surface area contributed by atoms with Crippen LogP contribution in [0.1, 0.15) is 35.9 Å². The number of rotatable bonds is 5. The van der Waals surface area contributed by atoms with Crippen molar-refractivity contribution in [2.75, 3.05) is 13.1 Å². The second kappa shape index (κ2) is 8.44. The lowest BCUT2D eigenvalue weighted by atomic mass is 9.98. The number of furan rings is 1. The van der Waals surface area contributed by atoms with Crippen LogP contribution in [-0.2, 0) is 11.2 Å². The topological polar surface area (TPSA) is 46.3 Å². The van der Waals surface area contributed by atoms with Gasteiger partial charge in [0.2, 0.25) is 5.91 Å². The number of benzene rings is 2. The van der Waals surface area contributed by atoms with Crippen LogP contribution in [0, 0.1) is 0 Å². The van der Waals surface area contributed by atoms with E-state index in [9.17, 15) is 4.79 Å². The first-order valence-electron chi connectivity index (χ1n) is 10.5. The highest BCUT2D eigenvalue weighted by Gasteiger charge is 2.26. The highest BCUT2D eigenvalue weighted by atomic mass is 32.1. The fourth-order valence-electron chi connectivity index (χ4n) is 4.13. The lowest BCUT2D eigenvalue weighted by molar-refractivity contribution is -0.132. The van der Waals surface area contributed by atoms with Crippen molar-refractivity contribution in [2.24, 2.45) is 0 Å². The Labute approximate surface area is 180 Å². The molecule has 0 radical (unpaired) electrons. The average molecular weight is 417 g/mol. The van der Waals surface area contributed by atoms with E-state index in [4.69, 9.17) is 9.40 Å². The van der Waals surface area contributed by atoms with E-state index >= 15 is 0 Å². The number of piperidine rings is 1. The summed E-state index contributed by atoms with van der Waals surface area (Å²) < 4.78 is 7.18. The number of likely N-dealkylation sites (tertiary alicyclic amines) is 1. The highest BCUT2D eigenvalue weighted by molar-refractivity contribution is 7.18. The van der Waals surface area contributed by atoms with Gasteiger partial charge in [0.1, 0.15) is 11.5 Å². The van der Waals surface area contributed by atoms with Crippen LogP contribution in [0.5, 0.6) is 0 Å². The summed E-state index contributed by atoms with van der Waals surface area (Å²) in [5.41, 5.74) is 2.12. The van der Waals surface area contributed by atoms with Gasteiger partial charge in [0.05, 0.1) is 15.2 Å². The van der Waals surface area contributed by atoms with Gasteiger partial charge in [0, 0.05) is 37.4 Å². The normalized spacial score (nSPS) is 16.8. The Kier molecular flexibility index (Phi) is 5.37. The second-order valence-corrected chi connectivity index (χ2v) is 8.89. The molecule has 0 aliphatic carbocycles. The molecule has 1 fully saturated rings. The van der Waals surface area contributed by atoms with Gasteiger partial charge in [-0.25, -0.2) is 4.98 Å². The first-order chi connectivity index (χ1) is 14.8. The van der Waals surface area contributed by atoms with Crippen molar-refractivity contribution < 1.29 is 9.21 Å². The predicted octanol–water partition coefficient (Wildman–Crippen LogP) is 5.90. The molecule has 1 aliphatic rings. The summed E-state index contributed by atoms with van der Waals surface area (Å²) in [6, 6.07) is 22.3. The third-order valence-electron chi connectivity index (χ3n) is 5.74. The molecule has 0 spiro atoms. The van der Waals surface area contributed by atoms with E-state index in [1.165, 1.54) is 4.70 Å². The first kappa shape index (κ1) is 19.1. The summed E-state index contributed by atoms with van der Waals surface area (Å²) in [6.45, 7) is 1.61. The third kappa shape index (κ3) is 4.03. The molecule has 0 saturated carbocycles. The fourth-order valence-corrected chi connectivity index (χ4v) is 5.22. The van der Waals surface area contributed by atoms with Crippen molar-refractivity contribution in [3.63, 3.8) is 0 Å². The van der Waals surface area contributed by atoms with Gasteiger partial charge in [0.15, 0.2) is 0 Å². The number of aryl methyl sites for hydroxylation is 1. The van der Waals surface area contributed by atoms with Gasteiger partial charge in [-0.2, -0.15) is 0 Å². The van der Waals surface area contributed by atoms with E-state index in [0.29, 0.717) is 18.8 Å². The standard InChI is InChI=1S/C25H24N2O2S/c28-24(15-13-20-12-14-22(29-20)18-7-2-1-3-8-18)27-16-6-9-19(17-27)25-26-21-10-4-5-11-23(21)30-25/h1-5,7-8,10-12,14,19H,6,9,13,15-17H2. The predicted molar refractivity (Wildman–Crippen MR) is 121 cm³/mol. The zero-order valence-corrected chi connectivity index (χ0v) is 17.6. The summed E-state index contributed by atoms with van der Waals surface area (Å²) >= 11 is 1.76. The molecule has 0 bridgehead atoms. The van der Waals surface area contributed by atoms with Crippen LogP contribution in [0.4, 0.5) is 0 Å². The lowest BCUT2D eigenvalue weighted by Gasteiger charge is -2.31. The smallest absolute Gasteiger partial charge is 0.223 e. The number of hydrogen-bond acceptors (Lipinski definition) is 4. The number of carbonyl (C=O) groups is 1. The molecule has 4 nitrogen and oxygen atoms in total. The van der Waals surface area contributed by atoms with Crippen molar-refractivity contribution in [1.82, 2.24) is 9.88 Å². The van der Waals surface area contributed by atoms with Crippen LogP contribution in [0.15, 0.2) is 71.1 Å². The molecule has 4 aromatic rings. The Balaban J connectivity index is 1.20. The lowest BCUT2D eigenvalue weighted by Crippen LogP contribution is -2.39. The monoisotopic (exact) mass is 416 g/mol. The number of para-hydroxylation sites is 1. The molecule has 1 unspecified atom stereocenters. The van der Waals surface area contributed by atoms with E-state index in [-0.39, 0.29) is 5.91 Å². The van der Waals surface area contributed by atoms with E-state index in [1.807, 2.05) is 53.4 Å². The summed E-state index contributed by atoms with van der Waals surface area (Å²) in [5, 5.41) is 1.16. The van der Waals surface area contributed by atoms with Crippen LogP contribution in [0.2, 0.25) is 0 Å². The summed E-state index contributed by atoms with van der Waals surface area (Å²) in [4.78, 5) is 19.7. The largest absolute Gasteiger partial charge is 0.461 e. The third-order valence-corrected chi connectivity index (χ3v) is 6.94. The van der Waals surface area contributed by atoms with Gasteiger partial charge in [0.25, 0.3) is 0 Å². The van der Waals surface area contributed by atoms with E-state index in [1.54, 1.807) is 11.3 Å². The molecule has 3 heterocycles. The summed E-state index contributed by atoms with van der Waals surface area (Å²) in [7, 11) is 0. The van der Waals surface area contributed by atoms with Crippen LogP contribution in [-0.4, -0.2) is 28.9 Å². The second-order valence-electron chi connectivity index (χ2n) is 7.83. The maximum Gasteiger partial charge on any atom is 0.223 e. The number of fused-ring (bicyclic) bond motifs is 1. The van der Waals surface area contributed by atoms with E-state index in [0.717, 1.165) is 53.5 Å². The Morgan fingerprint density at radius 3 is 2.77 bits per heavy atom. The number of aromatic nitrogens is 1. The molecule has 2 aromatic carbocycles. The number of amides is 1. The molecule has 30 heavy (non-hydrogen) atoms. The number of thiazole rings is 1. The molecule has 5 heteroatoms. The van der Waals surface area contributed by atoms with E-state index < -0.39 is 0 Å². The zero-order valence-electron chi connectivity index (χ0n) is 16.8. The molecule has 1 atom stereocenters. The number of carbonyl (C=O) groups excluding carboxylic acids is 1. The maximum absolute atomic E-state index is 12.9. The molecule has 2 aromatic heterocycles. The fraction of sp³-hybridized carbons (Fsp3) is 0.280. The van der Waals surface area contributed by atoms with Gasteiger partial charge in [-0.1, -0.05) is 42.5 Å². The van der Waals surface area contributed by atoms with Crippen LogP contribution in [0.25, 0.3) is 21.5 Å². The number of nitrogens with zero attached hydrogens (tertiary/aromatic N) is 2. The summed E-state index contributed by atoms with van der Waals surface area (Å²) in [5.74, 6) is 2.26. The zero-order chi connectivity index (χ0) is 20.3. The minimum Gasteiger partial charge on any atom is -0.461 e. The minimum absolute atomic E-state index is 0.207.